The summed E-state index contributed by atoms with van der Waals surface area (Å²) in [5.74, 6) is -0.552. The molecule has 0 spiro atoms. The zero-order valence-corrected chi connectivity index (χ0v) is 19.3. The van der Waals surface area contributed by atoms with Crippen molar-refractivity contribution < 1.29 is 32.6 Å². The second-order valence-electron chi connectivity index (χ2n) is 8.94. The van der Waals surface area contributed by atoms with Gasteiger partial charge in [0.1, 0.15) is 0 Å². The van der Waals surface area contributed by atoms with E-state index in [4.69, 9.17) is 4.74 Å². The highest BCUT2D eigenvalue weighted by molar-refractivity contribution is 5.96. The van der Waals surface area contributed by atoms with Crippen LogP contribution in [0, 0.1) is 0 Å². The fourth-order valence-corrected chi connectivity index (χ4v) is 4.62. The monoisotopic (exact) mass is 494 g/mol. The first-order valence-corrected chi connectivity index (χ1v) is 11.8. The Bertz CT molecular complexity index is 1030. The number of likely N-dealkylation sites (tertiary alicyclic amines) is 1. The maximum Gasteiger partial charge on any atom is 0.416 e. The highest BCUT2D eigenvalue weighted by Gasteiger charge is 2.32. The van der Waals surface area contributed by atoms with Crippen LogP contribution >= 0.6 is 0 Å². The van der Waals surface area contributed by atoms with E-state index in [1.807, 2.05) is 0 Å². The first kappa shape index (κ1) is 25.2. The molecule has 2 N–H and O–H groups in total. The molecule has 2 aromatic rings. The zero-order chi connectivity index (χ0) is 25.0. The molecule has 1 aromatic carbocycles. The molecule has 2 aliphatic heterocycles. The van der Waals surface area contributed by atoms with E-state index in [2.05, 4.69) is 10.4 Å². The number of benzene rings is 1. The Kier molecular flexibility index (Phi) is 7.75. The molecule has 2 aliphatic rings. The highest BCUT2D eigenvalue weighted by Crippen LogP contribution is 2.30. The Balaban J connectivity index is 1.44. The summed E-state index contributed by atoms with van der Waals surface area (Å²) in [6.07, 6.45) is 0.0831. The molecule has 1 atom stereocenters. The maximum absolute atomic E-state index is 13.5. The molecule has 2 saturated heterocycles. The molecule has 0 aliphatic carbocycles. The Morgan fingerprint density at radius 2 is 1.86 bits per heavy atom. The summed E-state index contributed by atoms with van der Waals surface area (Å²) in [6.45, 7) is 2.23. The molecule has 1 aromatic heterocycles. The molecule has 11 heteroatoms. The lowest BCUT2D eigenvalue weighted by atomic mass is 9.93. The SMILES string of the molecule is O=C(NC1CCCN(C(=O)c2cn(CCO)nc2C2CCOCC2)C1)c1ccc(C(F)(F)F)cc1. The van der Waals surface area contributed by atoms with Crippen molar-refractivity contribution in [3.05, 3.63) is 52.8 Å². The number of amides is 2. The second kappa shape index (κ2) is 10.8. The number of aliphatic hydroxyl groups excluding tert-OH is 1. The molecule has 8 nitrogen and oxygen atoms in total. The average Bonchev–Trinajstić information content (AvgIpc) is 3.28. The van der Waals surface area contributed by atoms with E-state index in [9.17, 15) is 27.9 Å². The van der Waals surface area contributed by atoms with Crippen LogP contribution < -0.4 is 5.32 Å². The third-order valence-electron chi connectivity index (χ3n) is 6.48. The first-order chi connectivity index (χ1) is 16.8. The van der Waals surface area contributed by atoms with E-state index in [0.29, 0.717) is 50.4 Å². The van der Waals surface area contributed by atoms with Crippen LogP contribution in [0.4, 0.5) is 13.2 Å². The normalized spacial score (nSPS) is 19.5. The minimum absolute atomic E-state index is 0.0930. The predicted molar refractivity (Wildman–Crippen MR) is 120 cm³/mol. The van der Waals surface area contributed by atoms with Crippen LogP contribution in [0.3, 0.4) is 0 Å². The molecule has 0 radical (unpaired) electrons. The minimum atomic E-state index is -4.46. The summed E-state index contributed by atoms with van der Waals surface area (Å²) in [6, 6.07) is 3.75. The standard InChI is InChI=1S/C24H29F3N4O4/c25-24(26,27)18-5-3-17(4-6-18)22(33)28-19-2-1-9-30(14-19)23(34)20-15-31(10-11-32)29-21(20)16-7-12-35-13-8-16/h3-6,15-16,19,32H,1-2,7-14H2,(H,28,33). The Hall–Kier alpha value is -2.92. The summed E-state index contributed by atoms with van der Waals surface area (Å²) in [7, 11) is 0. The zero-order valence-electron chi connectivity index (χ0n) is 19.3. The molecule has 0 bridgehead atoms. The van der Waals surface area contributed by atoms with Gasteiger partial charge in [-0.15, -0.1) is 0 Å². The molecule has 2 fully saturated rings. The van der Waals surface area contributed by atoms with Crippen LogP contribution in [0.15, 0.2) is 30.5 Å². The van der Waals surface area contributed by atoms with Gasteiger partial charge < -0.3 is 20.1 Å². The van der Waals surface area contributed by atoms with Crippen LogP contribution in [0.5, 0.6) is 0 Å². The fraction of sp³-hybridized carbons (Fsp3) is 0.542. The number of nitrogens with zero attached hydrogens (tertiary/aromatic N) is 3. The van der Waals surface area contributed by atoms with E-state index >= 15 is 0 Å². The first-order valence-electron chi connectivity index (χ1n) is 11.8. The van der Waals surface area contributed by atoms with Gasteiger partial charge in [0, 0.05) is 50.0 Å². The van der Waals surface area contributed by atoms with Crippen molar-refractivity contribution in [1.82, 2.24) is 20.0 Å². The van der Waals surface area contributed by atoms with Gasteiger partial charge >= 0.3 is 6.18 Å². The number of rotatable bonds is 6. The van der Waals surface area contributed by atoms with Crippen molar-refractivity contribution in [3.8, 4) is 0 Å². The lowest BCUT2D eigenvalue weighted by molar-refractivity contribution is -0.137. The van der Waals surface area contributed by atoms with E-state index in [1.54, 1.807) is 15.8 Å². The molecule has 0 saturated carbocycles. The van der Waals surface area contributed by atoms with E-state index in [-0.39, 0.29) is 36.6 Å². The number of alkyl halides is 3. The number of hydrogen-bond donors (Lipinski definition) is 2. The van der Waals surface area contributed by atoms with Gasteiger partial charge in [0.25, 0.3) is 11.8 Å². The van der Waals surface area contributed by atoms with Crippen LogP contribution in [-0.4, -0.2) is 70.6 Å². The van der Waals surface area contributed by atoms with Crippen LogP contribution in [-0.2, 0) is 17.5 Å². The number of aliphatic hydroxyl groups is 1. The van der Waals surface area contributed by atoms with Crippen LogP contribution in [0.1, 0.15) is 63.6 Å². The predicted octanol–water partition coefficient (Wildman–Crippen LogP) is 2.82. The Morgan fingerprint density at radius 1 is 1.14 bits per heavy atom. The van der Waals surface area contributed by atoms with E-state index in [0.717, 1.165) is 37.1 Å². The van der Waals surface area contributed by atoms with Crippen molar-refractivity contribution in [2.24, 2.45) is 0 Å². The molecular weight excluding hydrogens is 465 g/mol. The van der Waals surface area contributed by atoms with Gasteiger partial charge in [-0.3, -0.25) is 14.3 Å². The van der Waals surface area contributed by atoms with Gasteiger partial charge in [0.2, 0.25) is 0 Å². The van der Waals surface area contributed by atoms with Gasteiger partial charge in [-0.25, -0.2) is 0 Å². The molecule has 35 heavy (non-hydrogen) atoms. The molecule has 3 heterocycles. The van der Waals surface area contributed by atoms with Gasteiger partial charge in [-0.2, -0.15) is 18.3 Å². The summed E-state index contributed by atoms with van der Waals surface area (Å²) in [4.78, 5) is 27.8. The third kappa shape index (κ3) is 6.02. The third-order valence-corrected chi connectivity index (χ3v) is 6.48. The van der Waals surface area contributed by atoms with Crippen molar-refractivity contribution in [1.29, 1.82) is 0 Å². The minimum Gasteiger partial charge on any atom is -0.394 e. The number of nitrogens with one attached hydrogen (secondary N) is 1. The maximum atomic E-state index is 13.5. The quantitative estimate of drug-likeness (QED) is 0.644. The van der Waals surface area contributed by atoms with E-state index in [1.165, 1.54) is 0 Å². The summed E-state index contributed by atoms with van der Waals surface area (Å²) >= 11 is 0. The number of ether oxygens (including phenoxy) is 1. The van der Waals surface area contributed by atoms with Gasteiger partial charge in [-0.05, 0) is 49.9 Å². The average molecular weight is 495 g/mol. The molecule has 4 rings (SSSR count). The summed E-state index contributed by atoms with van der Waals surface area (Å²) in [5.41, 5.74) is 0.529. The fourth-order valence-electron chi connectivity index (χ4n) is 4.62. The van der Waals surface area contributed by atoms with E-state index < -0.39 is 17.6 Å². The van der Waals surface area contributed by atoms with Crippen molar-refractivity contribution in [2.75, 3.05) is 32.9 Å². The van der Waals surface area contributed by atoms with Gasteiger partial charge in [0.15, 0.2) is 0 Å². The Labute approximate surface area is 201 Å². The lowest BCUT2D eigenvalue weighted by Crippen LogP contribution is -2.49. The van der Waals surface area contributed by atoms with Crippen LogP contribution in [0.2, 0.25) is 0 Å². The highest BCUT2D eigenvalue weighted by atomic mass is 19.4. The van der Waals surface area contributed by atoms with Gasteiger partial charge in [-0.1, -0.05) is 0 Å². The smallest absolute Gasteiger partial charge is 0.394 e. The number of aromatic nitrogens is 2. The number of hydrogen-bond acceptors (Lipinski definition) is 5. The number of piperidine rings is 1. The number of carbonyl (C=O) groups is 2. The number of carbonyl (C=O) groups excluding carboxylic acids is 2. The summed E-state index contributed by atoms with van der Waals surface area (Å²) in [5, 5.41) is 16.7. The molecule has 1 unspecified atom stereocenters. The molecule has 2 amide bonds. The molecular formula is C24H29F3N4O4. The molecule has 190 valence electrons. The summed E-state index contributed by atoms with van der Waals surface area (Å²) < 4.78 is 45.4. The van der Waals surface area contributed by atoms with Crippen molar-refractivity contribution >= 4 is 11.8 Å². The lowest BCUT2D eigenvalue weighted by Gasteiger charge is -2.33. The van der Waals surface area contributed by atoms with Crippen molar-refractivity contribution in [3.63, 3.8) is 0 Å². The number of halogens is 3. The van der Waals surface area contributed by atoms with Crippen LogP contribution in [0.25, 0.3) is 0 Å². The van der Waals surface area contributed by atoms with Gasteiger partial charge in [0.05, 0.1) is 30.0 Å². The Morgan fingerprint density at radius 3 is 2.51 bits per heavy atom. The second-order valence-corrected chi connectivity index (χ2v) is 8.94. The largest absolute Gasteiger partial charge is 0.416 e. The van der Waals surface area contributed by atoms with Crippen molar-refractivity contribution in [2.45, 2.75) is 50.4 Å². The topological polar surface area (TPSA) is 96.7 Å².